The molecule has 8 heteroatoms. The van der Waals surface area contributed by atoms with E-state index in [9.17, 15) is 9.00 Å². The number of rotatable bonds is 6. The molecule has 4 rings (SSSR count). The quantitative estimate of drug-likeness (QED) is 0.638. The standard InChI is InChI=1S/C22H26N4O2S2/c1-16-5-7-17(8-6-16)22(20-4-3-10-29-20)24-21(27)14-26-9-11-30(28)15-19(26)18-12-23-25(2)13-18/h3-8,10,12-13,19,22H,9,11,14-15H2,1-2H3,(H,24,27)/t19-,22+,30+/m1/s1. The van der Waals surface area contributed by atoms with Crippen LogP contribution in [0.2, 0.25) is 0 Å². The van der Waals surface area contributed by atoms with Gasteiger partial charge in [-0.05, 0) is 23.9 Å². The maximum absolute atomic E-state index is 13.1. The second-order valence-electron chi connectivity index (χ2n) is 7.67. The third-order valence-corrected chi connectivity index (χ3v) is 7.65. The Balaban J connectivity index is 1.51. The number of aromatic nitrogens is 2. The predicted octanol–water partition coefficient (Wildman–Crippen LogP) is 2.80. The van der Waals surface area contributed by atoms with E-state index in [0.29, 0.717) is 18.1 Å². The summed E-state index contributed by atoms with van der Waals surface area (Å²) in [5, 5.41) is 9.50. The van der Waals surface area contributed by atoms with Gasteiger partial charge in [0, 0.05) is 58.6 Å². The number of nitrogens with one attached hydrogen (secondary N) is 1. The molecule has 0 bridgehead atoms. The fraction of sp³-hybridized carbons (Fsp3) is 0.364. The predicted molar refractivity (Wildman–Crippen MR) is 121 cm³/mol. The normalized spacial score (nSPS) is 20.7. The summed E-state index contributed by atoms with van der Waals surface area (Å²) in [6, 6.07) is 12.1. The molecule has 30 heavy (non-hydrogen) atoms. The molecule has 3 aromatic rings. The zero-order chi connectivity index (χ0) is 21.1. The number of hydrogen-bond donors (Lipinski definition) is 1. The maximum atomic E-state index is 13.1. The molecule has 3 heterocycles. The molecule has 2 aromatic heterocycles. The molecule has 1 N–H and O–H groups in total. The lowest BCUT2D eigenvalue weighted by Gasteiger charge is -2.34. The summed E-state index contributed by atoms with van der Waals surface area (Å²) in [6.07, 6.45) is 3.75. The number of carbonyl (C=O) groups excluding carboxylic acids is 1. The van der Waals surface area contributed by atoms with Crippen molar-refractivity contribution < 1.29 is 9.00 Å². The van der Waals surface area contributed by atoms with Crippen molar-refractivity contribution in [2.75, 3.05) is 24.6 Å². The van der Waals surface area contributed by atoms with E-state index in [1.165, 1.54) is 5.56 Å². The Labute approximate surface area is 183 Å². The van der Waals surface area contributed by atoms with Gasteiger partial charge in [0.25, 0.3) is 0 Å². The molecular weight excluding hydrogens is 416 g/mol. The van der Waals surface area contributed by atoms with E-state index in [0.717, 1.165) is 16.0 Å². The van der Waals surface area contributed by atoms with Gasteiger partial charge in [-0.2, -0.15) is 5.10 Å². The lowest BCUT2D eigenvalue weighted by Crippen LogP contribution is -2.46. The van der Waals surface area contributed by atoms with Crippen LogP contribution in [0.15, 0.2) is 54.2 Å². The summed E-state index contributed by atoms with van der Waals surface area (Å²) in [7, 11) is 0.996. The number of nitrogens with zero attached hydrogens (tertiary/aromatic N) is 3. The molecule has 1 saturated heterocycles. The third-order valence-electron chi connectivity index (χ3n) is 5.39. The minimum absolute atomic E-state index is 0.0319. The van der Waals surface area contributed by atoms with Gasteiger partial charge in [0.05, 0.1) is 18.8 Å². The molecule has 1 aliphatic rings. The van der Waals surface area contributed by atoms with E-state index in [-0.39, 0.29) is 24.5 Å². The highest BCUT2D eigenvalue weighted by Crippen LogP contribution is 2.28. The Kier molecular flexibility index (Phi) is 6.46. The maximum Gasteiger partial charge on any atom is 0.234 e. The van der Waals surface area contributed by atoms with E-state index >= 15 is 0 Å². The number of aryl methyl sites for hydroxylation is 2. The average Bonchev–Trinajstić information content (AvgIpc) is 3.40. The van der Waals surface area contributed by atoms with Gasteiger partial charge < -0.3 is 5.32 Å². The Bertz CT molecular complexity index is 1010. The number of carbonyl (C=O) groups is 1. The van der Waals surface area contributed by atoms with Crippen LogP contribution in [0.4, 0.5) is 0 Å². The number of hydrogen-bond acceptors (Lipinski definition) is 5. The minimum atomic E-state index is -0.873. The molecule has 1 amide bonds. The van der Waals surface area contributed by atoms with Gasteiger partial charge >= 0.3 is 0 Å². The molecule has 0 spiro atoms. The van der Waals surface area contributed by atoms with Crippen LogP contribution in [0.1, 0.15) is 33.7 Å². The fourth-order valence-corrected chi connectivity index (χ4v) is 5.94. The molecule has 0 saturated carbocycles. The molecule has 158 valence electrons. The van der Waals surface area contributed by atoms with Crippen LogP contribution in [-0.2, 0) is 22.6 Å². The molecule has 0 unspecified atom stereocenters. The monoisotopic (exact) mass is 442 g/mol. The summed E-state index contributed by atoms with van der Waals surface area (Å²) in [5.41, 5.74) is 3.27. The van der Waals surface area contributed by atoms with Gasteiger partial charge in [0.2, 0.25) is 5.91 Å². The summed E-state index contributed by atoms with van der Waals surface area (Å²) in [6.45, 7) is 2.96. The van der Waals surface area contributed by atoms with Crippen molar-refractivity contribution in [1.29, 1.82) is 0 Å². The SMILES string of the molecule is Cc1ccc([C@H](NC(=O)CN2CC[S@](=O)C[C@@H]2c2cnn(C)c2)c2cccs2)cc1. The summed E-state index contributed by atoms with van der Waals surface area (Å²) in [5.74, 6) is 1.09. The first-order valence-corrected chi connectivity index (χ1v) is 12.3. The highest BCUT2D eigenvalue weighted by Gasteiger charge is 2.30. The Morgan fingerprint density at radius 2 is 2.13 bits per heavy atom. The number of thiophene rings is 1. The molecule has 6 nitrogen and oxygen atoms in total. The Morgan fingerprint density at radius 3 is 2.80 bits per heavy atom. The smallest absolute Gasteiger partial charge is 0.234 e. The first kappa shape index (κ1) is 21.0. The van der Waals surface area contributed by atoms with Crippen LogP contribution in [0.25, 0.3) is 0 Å². The molecule has 3 atom stereocenters. The second kappa shape index (κ2) is 9.24. The number of benzene rings is 1. The fourth-order valence-electron chi connectivity index (χ4n) is 3.77. The Morgan fingerprint density at radius 1 is 1.33 bits per heavy atom. The molecule has 0 aliphatic carbocycles. The first-order valence-electron chi connectivity index (χ1n) is 9.96. The van der Waals surface area contributed by atoms with Crippen molar-refractivity contribution in [3.8, 4) is 0 Å². The number of amides is 1. The van der Waals surface area contributed by atoms with Crippen molar-refractivity contribution in [2.24, 2.45) is 7.05 Å². The van der Waals surface area contributed by atoms with Crippen molar-refractivity contribution in [3.63, 3.8) is 0 Å². The zero-order valence-corrected chi connectivity index (χ0v) is 18.8. The second-order valence-corrected chi connectivity index (χ2v) is 10.3. The van der Waals surface area contributed by atoms with Crippen LogP contribution in [0, 0.1) is 6.92 Å². The van der Waals surface area contributed by atoms with Gasteiger partial charge in [0.15, 0.2) is 0 Å². The van der Waals surface area contributed by atoms with E-state index in [1.54, 1.807) is 22.2 Å². The van der Waals surface area contributed by atoms with E-state index in [4.69, 9.17) is 0 Å². The largest absolute Gasteiger partial charge is 0.343 e. The zero-order valence-electron chi connectivity index (χ0n) is 17.2. The van der Waals surface area contributed by atoms with Crippen LogP contribution in [-0.4, -0.2) is 49.4 Å². The first-order chi connectivity index (χ1) is 14.5. The molecular formula is C22H26N4O2S2. The van der Waals surface area contributed by atoms with Crippen LogP contribution < -0.4 is 5.32 Å². The summed E-state index contributed by atoms with van der Waals surface area (Å²) < 4.78 is 13.9. The Hall–Kier alpha value is -2.29. The average molecular weight is 443 g/mol. The van der Waals surface area contributed by atoms with Gasteiger partial charge in [-0.1, -0.05) is 35.9 Å². The highest BCUT2D eigenvalue weighted by atomic mass is 32.2. The van der Waals surface area contributed by atoms with Crippen LogP contribution >= 0.6 is 11.3 Å². The molecule has 0 radical (unpaired) electrons. The van der Waals surface area contributed by atoms with E-state index in [1.807, 2.05) is 24.7 Å². The summed E-state index contributed by atoms with van der Waals surface area (Å²) >= 11 is 1.64. The topological polar surface area (TPSA) is 67.2 Å². The van der Waals surface area contributed by atoms with Gasteiger partial charge in [0.1, 0.15) is 0 Å². The summed E-state index contributed by atoms with van der Waals surface area (Å²) in [4.78, 5) is 16.3. The van der Waals surface area contributed by atoms with Crippen LogP contribution in [0.5, 0.6) is 0 Å². The molecule has 1 aromatic carbocycles. The lowest BCUT2D eigenvalue weighted by atomic mass is 10.0. The third kappa shape index (κ3) is 4.88. The van der Waals surface area contributed by atoms with Gasteiger partial charge in [-0.3, -0.25) is 18.6 Å². The van der Waals surface area contributed by atoms with Gasteiger partial charge in [-0.15, -0.1) is 11.3 Å². The van der Waals surface area contributed by atoms with Crippen molar-refractivity contribution >= 4 is 28.0 Å². The van der Waals surface area contributed by atoms with E-state index < -0.39 is 10.8 Å². The molecule has 1 aliphatic heterocycles. The lowest BCUT2D eigenvalue weighted by molar-refractivity contribution is -0.123. The highest BCUT2D eigenvalue weighted by molar-refractivity contribution is 7.85. The minimum Gasteiger partial charge on any atom is -0.343 e. The van der Waals surface area contributed by atoms with Gasteiger partial charge in [-0.25, -0.2) is 0 Å². The molecule has 1 fully saturated rings. The van der Waals surface area contributed by atoms with Crippen LogP contribution in [0.3, 0.4) is 0 Å². The van der Waals surface area contributed by atoms with Crippen molar-refractivity contribution in [3.05, 3.63) is 75.7 Å². The van der Waals surface area contributed by atoms with E-state index in [2.05, 4.69) is 52.6 Å². The van der Waals surface area contributed by atoms with Crippen molar-refractivity contribution in [2.45, 2.75) is 19.0 Å². The van der Waals surface area contributed by atoms with Crippen molar-refractivity contribution in [1.82, 2.24) is 20.0 Å².